The summed E-state index contributed by atoms with van der Waals surface area (Å²) in [5.74, 6) is 5.16. The lowest BCUT2D eigenvalue weighted by Crippen LogP contribution is -2.45. The topological polar surface area (TPSA) is 38.0 Å². The first-order valence-corrected chi connectivity index (χ1v) is 4.06. The molecule has 5 heteroatoms. The Morgan fingerprint density at radius 3 is 2.25 bits per heavy atom. The van der Waals surface area contributed by atoms with Crippen LogP contribution in [0.25, 0.3) is 0 Å². The molecule has 0 aromatic heterocycles. The molecule has 0 saturated heterocycles. The molecule has 0 spiro atoms. The number of nitrogens with one attached hydrogen (secondary N) is 1. The van der Waals surface area contributed by atoms with E-state index in [0.717, 1.165) is 19.3 Å². The number of halogens is 3. The maximum Gasteiger partial charge on any atom is 0.390 e. The summed E-state index contributed by atoms with van der Waals surface area (Å²) >= 11 is 0. The lowest BCUT2D eigenvalue weighted by molar-refractivity contribution is -0.144. The van der Waals surface area contributed by atoms with Gasteiger partial charge in [-0.2, -0.15) is 13.2 Å². The first-order valence-electron chi connectivity index (χ1n) is 4.06. The lowest BCUT2D eigenvalue weighted by atomic mass is 9.79. The largest absolute Gasteiger partial charge is 0.390 e. The summed E-state index contributed by atoms with van der Waals surface area (Å²) in [6, 6.07) is -0.584. The average molecular weight is 182 g/mol. The highest BCUT2D eigenvalue weighted by Crippen LogP contribution is 2.34. The molecular formula is C7H13F3N2. The smallest absolute Gasteiger partial charge is 0.271 e. The summed E-state index contributed by atoms with van der Waals surface area (Å²) in [5.41, 5.74) is 2.24. The van der Waals surface area contributed by atoms with Crippen molar-refractivity contribution in [3.05, 3.63) is 0 Å². The van der Waals surface area contributed by atoms with Crippen molar-refractivity contribution in [1.82, 2.24) is 5.43 Å². The summed E-state index contributed by atoms with van der Waals surface area (Å²) in [4.78, 5) is 0. The van der Waals surface area contributed by atoms with Crippen molar-refractivity contribution >= 4 is 0 Å². The van der Waals surface area contributed by atoms with Gasteiger partial charge >= 0.3 is 6.18 Å². The van der Waals surface area contributed by atoms with E-state index < -0.39 is 18.6 Å². The van der Waals surface area contributed by atoms with Crippen LogP contribution in [0, 0.1) is 5.92 Å². The third kappa shape index (κ3) is 2.64. The normalized spacial score (nSPS) is 22.0. The van der Waals surface area contributed by atoms with E-state index in [9.17, 15) is 13.2 Å². The van der Waals surface area contributed by atoms with Crippen LogP contribution in [0.15, 0.2) is 0 Å². The molecule has 72 valence electrons. The van der Waals surface area contributed by atoms with Crippen LogP contribution in [-0.2, 0) is 0 Å². The minimum absolute atomic E-state index is 0.122. The highest BCUT2D eigenvalue weighted by molar-refractivity contribution is 4.82. The zero-order chi connectivity index (χ0) is 9.19. The molecule has 1 fully saturated rings. The number of rotatable bonds is 3. The molecule has 0 amide bonds. The van der Waals surface area contributed by atoms with Crippen molar-refractivity contribution in [2.24, 2.45) is 11.8 Å². The summed E-state index contributed by atoms with van der Waals surface area (Å²) in [5, 5.41) is 0. The quantitative estimate of drug-likeness (QED) is 0.513. The van der Waals surface area contributed by atoms with Gasteiger partial charge in [-0.05, 0) is 18.8 Å². The molecule has 2 nitrogen and oxygen atoms in total. The van der Waals surface area contributed by atoms with Gasteiger partial charge in [-0.1, -0.05) is 6.42 Å². The van der Waals surface area contributed by atoms with E-state index in [1.807, 2.05) is 0 Å². The van der Waals surface area contributed by atoms with Crippen LogP contribution in [0.3, 0.4) is 0 Å². The van der Waals surface area contributed by atoms with Crippen molar-refractivity contribution < 1.29 is 13.2 Å². The third-order valence-electron chi connectivity index (χ3n) is 2.38. The molecular weight excluding hydrogens is 169 g/mol. The second kappa shape index (κ2) is 3.62. The zero-order valence-corrected chi connectivity index (χ0v) is 6.69. The Labute approximate surface area is 69.3 Å². The van der Waals surface area contributed by atoms with Gasteiger partial charge in [0.25, 0.3) is 0 Å². The summed E-state index contributed by atoms with van der Waals surface area (Å²) < 4.78 is 35.8. The van der Waals surface area contributed by atoms with Crippen LogP contribution in [0.4, 0.5) is 13.2 Å². The standard InChI is InChI=1S/C7H13F3N2/c8-7(9,10)4-6(12-11)5-2-1-3-5/h5-6,12H,1-4,11H2. The molecule has 0 aromatic rings. The van der Waals surface area contributed by atoms with E-state index in [4.69, 9.17) is 5.84 Å². The molecule has 1 aliphatic carbocycles. The summed E-state index contributed by atoms with van der Waals surface area (Å²) in [6.45, 7) is 0. The summed E-state index contributed by atoms with van der Waals surface area (Å²) in [6.07, 6.45) is -2.16. The van der Waals surface area contributed by atoms with Crippen molar-refractivity contribution in [3.8, 4) is 0 Å². The minimum Gasteiger partial charge on any atom is -0.271 e. The fourth-order valence-electron chi connectivity index (χ4n) is 1.45. The van der Waals surface area contributed by atoms with Crippen LogP contribution in [0.2, 0.25) is 0 Å². The van der Waals surface area contributed by atoms with Crippen LogP contribution >= 0.6 is 0 Å². The predicted molar refractivity (Wildman–Crippen MR) is 39.1 cm³/mol. The maximum absolute atomic E-state index is 11.9. The Morgan fingerprint density at radius 2 is 2.00 bits per heavy atom. The molecule has 0 heterocycles. The van der Waals surface area contributed by atoms with Crippen LogP contribution in [0.1, 0.15) is 25.7 Å². The van der Waals surface area contributed by atoms with Crippen molar-refractivity contribution in [2.75, 3.05) is 0 Å². The van der Waals surface area contributed by atoms with Gasteiger partial charge < -0.3 is 0 Å². The zero-order valence-electron chi connectivity index (χ0n) is 6.69. The van der Waals surface area contributed by atoms with Crippen molar-refractivity contribution in [1.29, 1.82) is 0 Å². The van der Waals surface area contributed by atoms with E-state index in [1.165, 1.54) is 0 Å². The van der Waals surface area contributed by atoms with E-state index >= 15 is 0 Å². The van der Waals surface area contributed by atoms with Crippen LogP contribution < -0.4 is 11.3 Å². The Bertz CT molecular complexity index is 142. The molecule has 0 aliphatic heterocycles. The van der Waals surface area contributed by atoms with E-state index in [0.29, 0.717) is 0 Å². The minimum atomic E-state index is -4.10. The molecule has 1 saturated carbocycles. The Hall–Kier alpha value is -0.290. The number of alkyl halides is 3. The fraction of sp³-hybridized carbons (Fsp3) is 1.00. The molecule has 1 unspecified atom stereocenters. The first-order chi connectivity index (χ1) is 5.53. The number of hydrogen-bond acceptors (Lipinski definition) is 2. The second-order valence-electron chi connectivity index (χ2n) is 3.28. The second-order valence-corrected chi connectivity index (χ2v) is 3.28. The van der Waals surface area contributed by atoms with Crippen LogP contribution in [-0.4, -0.2) is 12.2 Å². The molecule has 0 aromatic carbocycles. The Kier molecular flexibility index (Phi) is 2.95. The Morgan fingerprint density at radius 1 is 1.42 bits per heavy atom. The van der Waals surface area contributed by atoms with Gasteiger partial charge in [-0.15, -0.1) is 0 Å². The molecule has 0 radical (unpaired) electrons. The fourth-order valence-corrected chi connectivity index (χ4v) is 1.45. The number of hydrogen-bond donors (Lipinski definition) is 2. The molecule has 1 atom stereocenters. The molecule has 3 N–H and O–H groups in total. The van der Waals surface area contributed by atoms with Gasteiger partial charge in [0, 0.05) is 6.04 Å². The number of hydrazine groups is 1. The summed E-state index contributed by atoms with van der Waals surface area (Å²) in [7, 11) is 0. The monoisotopic (exact) mass is 182 g/mol. The van der Waals surface area contributed by atoms with Gasteiger partial charge in [-0.25, -0.2) is 0 Å². The molecule has 1 aliphatic rings. The van der Waals surface area contributed by atoms with Crippen molar-refractivity contribution in [2.45, 2.75) is 37.9 Å². The SMILES string of the molecule is NNC(CC(F)(F)F)C1CCC1. The van der Waals surface area contributed by atoms with Gasteiger partial charge in [0.15, 0.2) is 0 Å². The third-order valence-corrected chi connectivity index (χ3v) is 2.38. The Balaban J connectivity index is 2.34. The van der Waals surface area contributed by atoms with Gasteiger partial charge in [0.05, 0.1) is 6.42 Å². The average Bonchev–Trinajstić information content (AvgIpc) is 1.79. The van der Waals surface area contributed by atoms with Crippen molar-refractivity contribution in [3.63, 3.8) is 0 Å². The maximum atomic E-state index is 11.9. The predicted octanol–water partition coefficient (Wildman–Crippen LogP) is 1.57. The van der Waals surface area contributed by atoms with E-state index in [2.05, 4.69) is 5.43 Å². The highest BCUT2D eigenvalue weighted by Gasteiger charge is 2.36. The van der Waals surface area contributed by atoms with Gasteiger partial charge in [0.1, 0.15) is 0 Å². The van der Waals surface area contributed by atoms with Gasteiger partial charge in [0.2, 0.25) is 0 Å². The van der Waals surface area contributed by atoms with E-state index in [-0.39, 0.29) is 5.92 Å². The van der Waals surface area contributed by atoms with E-state index in [1.54, 1.807) is 0 Å². The molecule has 0 bridgehead atoms. The lowest BCUT2D eigenvalue weighted by Gasteiger charge is -2.33. The van der Waals surface area contributed by atoms with Crippen LogP contribution in [0.5, 0.6) is 0 Å². The first kappa shape index (κ1) is 9.80. The molecule has 12 heavy (non-hydrogen) atoms. The molecule has 1 rings (SSSR count). The van der Waals surface area contributed by atoms with Gasteiger partial charge in [-0.3, -0.25) is 11.3 Å². The highest BCUT2D eigenvalue weighted by atomic mass is 19.4. The number of nitrogens with two attached hydrogens (primary N) is 1.